The first-order valence-corrected chi connectivity index (χ1v) is 12.3. The van der Waals surface area contributed by atoms with Gasteiger partial charge >= 0.3 is 5.97 Å². The first-order chi connectivity index (χ1) is 16.0. The van der Waals surface area contributed by atoms with Crippen LogP contribution in [0.15, 0.2) is 75.8 Å². The Balaban J connectivity index is 1.63. The molecule has 1 aliphatic heterocycles. The topological polar surface area (TPSA) is 57.1 Å². The first-order valence-electron chi connectivity index (χ1n) is 10.1. The fourth-order valence-corrected chi connectivity index (χ4v) is 4.55. The Bertz CT molecular complexity index is 1280. The lowest BCUT2D eigenvalue weighted by Gasteiger charge is -2.15. The zero-order valence-corrected chi connectivity index (χ0v) is 22.0. The van der Waals surface area contributed by atoms with E-state index in [1.165, 1.54) is 0 Å². The molecule has 168 valence electrons. The summed E-state index contributed by atoms with van der Waals surface area (Å²) in [7, 11) is 0. The second-order valence-corrected chi connectivity index (χ2v) is 9.38. The van der Waals surface area contributed by atoms with Gasteiger partial charge in [0, 0.05) is 10.0 Å². The molecule has 3 aromatic rings. The number of esters is 1. The molecule has 3 aromatic carbocycles. The van der Waals surface area contributed by atoms with Crippen LogP contribution in [0.3, 0.4) is 0 Å². The van der Waals surface area contributed by atoms with Gasteiger partial charge in [-0.15, -0.1) is 0 Å². The summed E-state index contributed by atoms with van der Waals surface area (Å²) in [6.07, 6.45) is 1.66. The summed E-state index contributed by atoms with van der Waals surface area (Å²) in [5.41, 5.74) is 2.52. The third-order valence-corrected chi connectivity index (χ3v) is 6.59. The van der Waals surface area contributed by atoms with Crippen molar-refractivity contribution in [2.75, 3.05) is 6.61 Å². The smallest absolute Gasteiger partial charge is 0.363 e. The molecule has 0 aromatic heterocycles. The van der Waals surface area contributed by atoms with E-state index in [1.807, 2.05) is 49.4 Å². The van der Waals surface area contributed by atoms with Crippen LogP contribution in [0, 0.1) is 3.57 Å². The normalized spacial score (nSPS) is 14.2. The zero-order chi connectivity index (χ0) is 23.4. The molecule has 0 atom stereocenters. The van der Waals surface area contributed by atoms with Crippen LogP contribution in [0.25, 0.3) is 6.08 Å². The number of cyclic esters (lactones) is 1. The Morgan fingerprint density at radius 2 is 1.88 bits per heavy atom. The summed E-state index contributed by atoms with van der Waals surface area (Å²) >= 11 is 12.0. The number of hydrogen-bond acceptors (Lipinski definition) is 5. The van der Waals surface area contributed by atoms with Gasteiger partial charge in [0.25, 0.3) is 0 Å². The minimum absolute atomic E-state index is 0.185. The van der Waals surface area contributed by atoms with E-state index in [9.17, 15) is 4.79 Å². The Kier molecular flexibility index (Phi) is 7.72. The average Bonchev–Trinajstić information content (AvgIpc) is 3.14. The molecule has 0 N–H and O–H groups in total. The van der Waals surface area contributed by atoms with E-state index in [-0.39, 0.29) is 11.6 Å². The number of halogens is 3. The number of carbonyl (C=O) groups is 1. The van der Waals surface area contributed by atoms with E-state index in [0.29, 0.717) is 35.3 Å². The molecular weight excluding hydrogens is 621 g/mol. The number of ether oxygens (including phenoxy) is 3. The Morgan fingerprint density at radius 3 is 2.64 bits per heavy atom. The van der Waals surface area contributed by atoms with Gasteiger partial charge in [-0.25, -0.2) is 9.79 Å². The van der Waals surface area contributed by atoms with E-state index in [4.69, 9.17) is 25.8 Å². The maximum Gasteiger partial charge on any atom is 0.363 e. The Hall–Kier alpha value is -2.36. The fraction of sp³-hybridized carbons (Fsp3) is 0.120. The summed E-state index contributed by atoms with van der Waals surface area (Å²) in [5, 5.41) is 0.463. The van der Waals surface area contributed by atoms with Crippen LogP contribution >= 0.6 is 50.1 Å². The van der Waals surface area contributed by atoms with Gasteiger partial charge in [-0.2, -0.15) is 0 Å². The number of hydrogen-bond donors (Lipinski definition) is 0. The molecule has 0 unspecified atom stereocenters. The summed E-state index contributed by atoms with van der Waals surface area (Å²) < 4.78 is 19.1. The van der Waals surface area contributed by atoms with Crippen LogP contribution in [0.4, 0.5) is 0 Å². The predicted molar refractivity (Wildman–Crippen MR) is 141 cm³/mol. The summed E-state index contributed by atoms with van der Waals surface area (Å²) in [4.78, 5) is 16.8. The standard InChI is InChI=1S/C25H18BrClINO4/c1-2-31-22-13-15(11-20(28)23(22)32-14-16-7-3-5-9-18(16)26)12-21-25(30)33-24(29-21)17-8-4-6-10-19(17)27/h3-13H,2,14H2,1H3/b21-12-. The van der Waals surface area contributed by atoms with Gasteiger partial charge in [0.05, 0.1) is 20.8 Å². The van der Waals surface area contributed by atoms with Crippen molar-refractivity contribution >= 4 is 68.1 Å². The number of benzene rings is 3. The van der Waals surface area contributed by atoms with Crippen molar-refractivity contribution in [3.8, 4) is 11.5 Å². The number of rotatable bonds is 7. The molecule has 0 saturated carbocycles. The lowest BCUT2D eigenvalue weighted by molar-refractivity contribution is -0.129. The van der Waals surface area contributed by atoms with Crippen LogP contribution in [0.5, 0.6) is 11.5 Å². The quantitative estimate of drug-likeness (QED) is 0.159. The highest BCUT2D eigenvalue weighted by molar-refractivity contribution is 14.1. The van der Waals surface area contributed by atoms with E-state index in [1.54, 1.807) is 24.3 Å². The molecule has 0 amide bonds. The van der Waals surface area contributed by atoms with Crippen LogP contribution in [0.2, 0.25) is 5.02 Å². The van der Waals surface area contributed by atoms with Crippen LogP contribution < -0.4 is 9.47 Å². The Morgan fingerprint density at radius 1 is 1.12 bits per heavy atom. The van der Waals surface area contributed by atoms with Gasteiger partial charge in [0.1, 0.15) is 6.61 Å². The van der Waals surface area contributed by atoms with Crippen molar-refractivity contribution in [3.05, 3.63) is 96.1 Å². The molecule has 0 radical (unpaired) electrons. The highest BCUT2D eigenvalue weighted by Crippen LogP contribution is 2.36. The lowest BCUT2D eigenvalue weighted by atomic mass is 10.1. The van der Waals surface area contributed by atoms with E-state index >= 15 is 0 Å². The third kappa shape index (κ3) is 5.59. The average molecular weight is 639 g/mol. The number of aliphatic imine (C=N–C) groups is 1. The second-order valence-electron chi connectivity index (χ2n) is 6.96. The molecule has 4 rings (SSSR count). The zero-order valence-electron chi connectivity index (χ0n) is 17.5. The van der Waals surface area contributed by atoms with E-state index < -0.39 is 5.97 Å². The minimum Gasteiger partial charge on any atom is -0.490 e. The van der Waals surface area contributed by atoms with E-state index in [0.717, 1.165) is 19.2 Å². The SMILES string of the molecule is CCOc1cc(/C=C2\N=C(c3ccccc3Cl)OC2=O)cc(I)c1OCc1ccccc1Br. The van der Waals surface area contributed by atoms with Crippen molar-refractivity contribution in [2.45, 2.75) is 13.5 Å². The molecule has 0 fully saturated rings. The summed E-state index contributed by atoms with van der Waals surface area (Å²) in [6, 6.07) is 18.7. The largest absolute Gasteiger partial charge is 0.490 e. The number of nitrogens with zero attached hydrogens (tertiary/aromatic N) is 1. The first kappa shape index (κ1) is 23.8. The van der Waals surface area contributed by atoms with Crippen LogP contribution in [-0.4, -0.2) is 18.5 Å². The predicted octanol–water partition coefficient (Wildman–Crippen LogP) is 7.03. The van der Waals surface area contributed by atoms with Crippen molar-refractivity contribution in [1.82, 2.24) is 0 Å². The van der Waals surface area contributed by atoms with Crippen molar-refractivity contribution in [2.24, 2.45) is 4.99 Å². The minimum atomic E-state index is -0.535. The van der Waals surface area contributed by atoms with Gasteiger partial charge in [-0.1, -0.05) is 57.9 Å². The lowest BCUT2D eigenvalue weighted by Crippen LogP contribution is -2.05. The van der Waals surface area contributed by atoms with E-state index in [2.05, 4.69) is 43.5 Å². The Labute approximate surface area is 218 Å². The van der Waals surface area contributed by atoms with Crippen molar-refractivity contribution < 1.29 is 19.0 Å². The van der Waals surface area contributed by atoms with Crippen molar-refractivity contribution in [1.29, 1.82) is 0 Å². The molecule has 0 aliphatic carbocycles. The second kappa shape index (κ2) is 10.7. The summed E-state index contributed by atoms with van der Waals surface area (Å²) in [6.45, 7) is 2.76. The van der Waals surface area contributed by atoms with Gasteiger partial charge in [-0.05, 0) is 71.5 Å². The molecule has 0 bridgehead atoms. The molecular formula is C25H18BrClINO4. The van der Waals surface area contributed by atoms with Crippen LogP contribution in [-0.2, 0) is 16.1 Å². The molecule has 0 spiro atoms. The van der Waals surface area contributed by atoms with Crippen molar-refractivity contribution in [3.63, 3.8) is 0 Å². The van der Waals surface area contributed by atoms with Gasteiger partial charge in [0.2, 0.25) is 5.90 Å². The van der Waals surface area contributed by atoms with Gasteiger partial charge in [-0.3, -0.25) is 0 Å². The van der Waals surface area contributed by atoms with Gasteiger partial charge < -0.3 is 14.2 Å². The highest BCUT2D eigenvalue weighted by atomic mass is 127. The highest BCUT2D eigenvalue weighted by Gasteiger charge is 2.26. The van der Waals surface area contributed by atoms with Crippen LogP contribution in [0.1, 0.15) is 23.6 Å². The summed E-state index contributed by atoms with van der Waals surface area (Å²) in [5.74, 6) is 0.881. The molecule has 33 heavy (non-hydrogen) atoms. The molecule has 1 aliphatic rings. The third-order valence-electron chi connectivity index (χ3n) is 4.69. The fourth-order valence-electron chi connectivity index (χ4n) is 3.16. The monoisotopic (exact) mass is 637 g/mol. The maximum atomic E-state index is 12.4. The molecule has 8 heteroatoms. The van der Waals surface area contributed by atoms with Gasteiger partial charge in [0.15, 0.2) is 17.2 Å². The number of carbonyl (C=O) groups excluding carboxylic acids is 1. The molecule has 0 saturated heterocycles. The maximum absolute atomic E-state index is 12.4. The molecule has 1 heterocycles. The molecule has 5 nitrogen and oxygen atoms in total.